The summed E-state index contributed by atoms with van der Waals surface area (Å²) >= 11 is 0. The van der Waals surface area contributed by atoms with E-state index in [9.17, 15) is 4.79 Å². The minimum Gasteiger partial charge on any atom is -0.459 e. The molecule has 3 rings (SSSR count). The Balaban J connectivity index is 1.50. The van der Waals surface area contributed by atoms with Crippen LogP contribution in [0.2, 0.25) is 0 Å². The van der Waals surface area contributed by atoms with Crippen LogP contribution in [0.25, 0.3) is 11.3 Å². The number of amides is 1. The fourth-order valence-corrected chi connectivity index (χ4v) is 3.44. The Bertz CT molecular complexity index is 761. The molecule has 144 valence electrons. The van der Waals surface area contributed by atoms with Crippen LogP contribution >= 0.6 is 0 Å². The van der Waals surface area contributed by atoms with E-state index in [0.29, 0.717) is 18.9 Å². The SMILES string of the molecule is CN=C(NCc1ccc(-c2ccccc2)o1)N1CCC(CC(=O)NC)CC1. The van der Waals surface area contributed by atoms with E-state index in [1.54, 1.807) is 14.1 Å². The third-order valence-corrected chi connectivity index (χ3v) is 5.02. The zero-order valence-electron chi connectivity index (χ0n) is 16.1. The predicted octanol–water partition coefficient (Wildman–Crippen LogP) is 2.87. The van der Waals surface area contributed by atoms with E-state index >= 15 is 0 Å². The molecule has 0 unspecified atom stereocenters. The van der Waals surface area contributed by atoms with Crippen molar-refractivity contribution in [2.24, 2.45) is 10.9 Å². The van der Waals surface area contributed by atoms with Gasteiger partial charge in [-0.1, -0.05) is 30.3 Å². The number of nitrogens with one attached hydrogen (secondary N) is 2. The van der Waals surface area contributed by atoms with Crippen LogP contribution in [0.3, 0.4) is 0 Å². The van der Waals surface area contributed by atoms with Crippen molar-refractivity contribution in [1.29, 1.82) is 0 Å². The molecule has 6 heteroatoms. The third-order valence-electron chi connectivity index (χ3n) is 5.02. The van der Waals surface area contributed by atoms with E-state index in [1.807, 2.05) is 42.5 Å². The molecular formula is C21H28N4O2. The van der Waals surface area contributed by atoms with Gasteiger partial charge in [-0.3, -0.25) is 9.79 Å². The fourth-order valence-electron chi connectivity index (χ4n) is 3.44. The third kappa shape index (κ3) is 5.12. The van der Waals surface area contributed by atoms with Crippen LogP contribution < -0.4 is 10.6 Å². The lowest BCUT2D eigenvalue weighted by Gasteiger charge is -2.33. The summed E-state index contributed by atoms with van der Waals surface area (Å²) in [6, 6.07) is 14.1. The number of hydrogen-bond acceptors (Lipinski definition) is 3. The van der Waals surface area contributed by atoms with Gasteiger partial charge >= 0.3 is 0 Å². The van der Waals surface area contributed by atoms with E-state index in [0.717, 1.165) is 49.0 Å². The standard InChI is InChI=1S/C21H28N4O2/c1-22-20(26)14-16-10-12-25(13-11-16)21(23-2)24-15-18-8-9-19(27-18)17-6-4-3-5-7-17/h3-9,16H,10-15H2,1-2H3,(H,22,26)(H,23,24). The number of likely N-dealkylation sites (tertiary alicyclic amines) is 1. The van der Waals surface area contributed by atoms with Gasteiger partial charge in [0.1, 0.15) is 11.5 Å². The molecule has 0 aliphatic carbocycles. The smallest absolute Gasteiger partial charge is 0.220 e. The van der Waals surface area contributed by atoms with Gasteiger partial charge in [-0.2, -0.15) is 0 Å². The first kappa shape index (κ1) is 19.0. The fraction of sp³-hybridized carbons (Fsp3) is 0.429. The minimum atomic E-state index is 0.128. The molecular weight excluding hydrogens is 340 g/mol. The number of carbonyl (C=O) groups excluding carboxylic acids is 1. The summed E-state index contributed by atoms with van der Waals surface area (Å²) in [6.07, 6.45) is 2.63. The molecule has 0 spiro atoms. The summed E-state index contributed by atoms with van der Waals surface area (Å²) in [7, 11) is 3.50. The Labute approximate surface area is 160 Å². The zero-order chi connectivity index (χ0) is 19.1. The minimum absolute atomic E-state index is 0.128. The van der Waals surface area contributed by atoms with Gasteiger partial charge < -0.3 is 20.0 Å². The molecule has 1 saturated heterocycles. The van der Waals surface area contributed by atoms with Crippen LogP contribution in [-0.2, 0) is 11.3 Å². The topological polar surface area (TPSA) is 69.9 Å². The summed E-state index contributed by atoms with van der Waals surface area (Å²) in [5, 5.41) is 6.10. The lowest BCUT2D eigenvalue weighted by Crippen LogP contribution is -2.45. The van der Waals surface area contributed by atoms with Gasteiger partial charge in [0.2, 0.25) is 5.91 Å². The number of benzene rings is 1. The maximum atomic E-state index is 11.5. The Morgan fingerprint density at radius 2 is 1.93 bits per heavy atom. The van der Waals surface area contributed by atoms with E-state index in [-0.39, 0.29) is 5.91 Å². The lowest BCUT2D eigenvalue weighted by atomic mass is 9.93. The number of rotatable bonds is 5. The lowest BCUT2D eigenvalue weighted by molar-refractivity contribution is -0.121. The molecule has 1 amide bonds. The summed E-state index contributed by atoms with van der Waals surface area (Å²) in [5.41, 5.74) is 1.08. The van der Waals surface area contributed by atoms with E-state index in [2.05, 4.69) is 20.5 Å². The monoisotopic (exact) mass is 368 g/mol. The van der Waals surface area contributed by atoms with Gasteiger partial charge in [-0.05, 0) is 30.9 Å². The Morgan fingerprint density at radius 1 is 1.19 bits per heavy atom. The second-order valence-corrected chi connectivity index (χ2v) is 6.84. The molecule has 1 fully saturated rings. The summed E-state index contributed by atoms with van der Waals surface area (Å²) < 4.78 is 5.94. The number of furan rings is 1. The Hall–Kier alpha value is -2.76. The summed E-state index contributed by atoms with van der Waals surface area (Å²) in [4.78, 5) is 18.2. The average molecular weight is 368 g/mol. The van der Waals surface area contributed by atoms with Gasteiger partial charge in [-0.15, -0.1) is 0 Å². The van der Waals surface area contributed by atoms with Gasteiger partial charge in [-0.25, -0.2) is 0 Å². The van der Waals surface area contributed by atoms with Gasteiger partial charge in [0, 0.05) is 39.2 Å². The van der Waals surface area contributed by atoms with Crippen LogP contribution in [0.1, 0.15) is 25.0 Å². The van der Waals surface area contributed by atoms with Crippen LogP contribution in [0, 0.1) is 5.92 Å². The molecule has 2 aromatic rings. The van der Waals surface area contributed by atoms with Crippen molar-refractivity contribution in [1.82, 2.24) is 15.5 Å². The highest BCUT2D eigenvalue weighted by Crippen LogP contribution is 2.22. The van der Waals surface area contributed by atoms with Crippen molar-refractivity contribution in [2.45, 2.75) is 25.8 Å². The van der Waals surface area contributed by atoms with Crippen LogP contribution in [-0.4, -0.2) is 44.0 Å². The van der Waals surface area contributed by atoms with E-state index in [4.69, 9.17) is 4.42 Å². The highest BCUT2D eigenvalue weighted by Gasteiger charge is 2.23. The number of guanidine groups is 1. The number of nitrogens with zero attached hydrogens (tertiary/aromatic N) is 2. The molecule has 2 N–H and O–H groups in total. The Morgan fingerprint density at radius 3 is 2.59 bits per heavy atom. The highest BCUT2D eigenvalue weighted by molar-refractivity contribution is 5.80. The molecule has 1 aliphatic heterocycles. The molecule has 0 bridgehead atoms. The summed E-state index contributed by atoms with van der Waals surface area (Å²) in [6.45, 7) is 2.42. The number of hydrogen-bond donors (Lipinski definition) is 2. The Kier molecular flexibility index (Phi) is 6.52. The van der Waals surface area contributed by atoms with Crippen LogP contribution in [0.15, 0.2) is 51.9 Å². The van der Waals surface area contributed by atoms with Crippen molar-refractivity contribution >= 4 is 11.9 Å². The van der Waals surface area contributed by atoms with Crippen LogP contribution in [0.5, 0.6) is 0 Å². The molecule has 0 radical (unpaired) electrons. The molecule has 0 saturated carbocycles. The first-order chi connectivity index (χ1) is 13.2. The van der Waals surface area contributed by atoms with E-state index in [1.165, 1.54) is 0 Å². The second kappa shape index (κ2) is 9.26. The number of carbonyl (C=O) groups is 1. The summed E-state index contributed by atoms with van der Waals surface area (Å²) in [5.74, 6) is 3.22. The molecule has 1 aromatic heterocycles. The highest BCUT2D eigenvalue weighted by atomic mass is 16.3. The average Bonchev–Trinajstić information content (AvgIpc) is 3.19. The van der Waals surface area contributed by atoms with Crippen molar-refractivity contribution in [3.8, 4) is 11.3 Å². The van der Waals surface area contributed by atoms with Gasteiger partial charge in [0.15, 0.2) is 5.96 Å². The molecule has 0 atom stereocenters. The van der Waals surface area contributed by atoms with Crippen molar-refractivity contribution in [3.05, 3.63) is 48.2 Å². The van der Waals surface area contributed by atoms with E-state index < -0.39 is 0 Å². The van der Waals surface area contributed by atoms with Crippen LogP contribution in [0.4, 0.5) is 0 Å². The number of piperidine rings is 1. The van der Waals surface area contributed by atoms with Crippen molar-refractivity contribution < 1.29 is 9.21 Å². The molecule has 2 heterocycles. The van der Waals surface area contributed by atoms with Crippen molar-refractivity contribution in [3.63, 3.8) is 0 Å². The zero-order valence-corrected chi connectivity index (χ0v) is 16.1. The second-order valence-electron chi connectivity index (χ2n) is 6.84. The quantitative estimate of drug-likeness (QED) is 0.629. The molecule has 1 aliphatic rings. The largest absolute Gasteiger partial charge is 0.459 e. The first-order valence-corrected chi connectivity index (χ1v) is 9.50. The molecule has 27 heavy (non-hydrogen) atoms. The predicted molar refractivity (Wildman–Crippen MR) is 107 cm³/mol. The number of aliphatic imine (C=N–C) groups is 1. The molecule has 6 nitrogen and oxygen atoms in total. The van der Waals surface area contributed by atoms with Crippen molar-refractivity contribution in [2.75, 3.05) is 27.2 Å². The first-order valence-electron chi connectivity index (χ1n) is 9.50. The van der Waals surface area contributed by atoms with Gasteiger partial charge in [0.25, 0.3) is 0 Å². The normalized spacial score (nSPS) is 15.6. The maximum absolute atomic E-state index is 11.5. The van der Waals surface area contributed by atoms with Gasteiger partial charge in [0.05, 0.1) is 6.54 Å². The maximum Gasteiger partial charge on any atom is 0.220 e. The molecule has 1 aromatic carbocycles.